The number of hydrogen-bond donors (Lipinski definition) is 1. The predicted molar refractivity (Wildman–Crippen MR) is 52.5 cm³/mol. The molecule has 78 valence electrons. The minimum absolute atomic E-state index is 0.263. The van der Waals surface area contributed by atoms with Crippen molar-refractivity contribution in [2.45, 2.75) is 26.1 Å². The molecule has 1 atom stereocenters. The second-order valence-electron chi connectivity index (χ2n) is 3.38. The molecule has 14 heavy (non-hydrogen) atoms. The SMILES string of the molecule is COCc1cccc(CC(C)O)c1F. The van der Waals surface area contributed by atoms with Gasteiger partial charge in [-0.15, -0.1) is 0 Å². The van der Waals surface area contributed by atoms with E-state index in [-0.39, 0.29) is 12.4 Å². The first-order chi connectivity index (χ1) is 6.65. The Kier molecular flexibility index (Phi) is 4.04. The molecule has 0 aromatic heterocycles. The first-order valence-corrected chi connectivity index (χ1v) is 4.58. The van der Waals surface area contributed by atoms with Crippen LogP contribution in [0.15, 0.2) is 18.2 Å². The molecule has 0 heterocycles. The zero-order valence-electron chi connectivity index (χ0n) is 8.46. The van der Waals surface area contributed by atoms with Crippen molar-refractivity contribution in [3.8, 4) is 0 Å². The lowest BCUT2D eigenvalue weighted by Crippen LogP contribution is -2.07. The lowest BCUT2D eigenvalue weighted by atomic mass is 10.0. The van der Waals surface area contributed by atoms with Gasteiger partial charge in [-0.3, -0.25) is 0 Å². The molecule has 1 aromatic rings. The van der Waals surface area contributed by atoms with Crippen LogP contribution in [0, 0.1) is 5.82 Å². The molecule has 0 spiro atoms. The molecule has 1 N–H and O–H groups in total. The molecule has 0 saturated heterocycles. The van der Waals surface area contributed by atoms with E-state index in [0.717, 1.165) is 0 Å². The second-order valence-corrected chi connectivity index (χ2v) is 3.38. The second kappa shape index (κ2) is 5.08. The molecule has 0 amide bonds. The number of benzene rings is 1. The van der Waals surface area contributed by atoms with Gasteiger partial charge in [-0.05, 0) is 12.5 Å². The highest BCUT2D eigenvalue weighted by Gasteiger charge is 2.09. The van der Waals surface area contributed by atoms with Crippen molar-refractivity contribution >= 4 is 0 Å². The monoisotopic (exact) mass is 198 g/mol. The zero-order chi connectivity index (χ0) is 10.6. The van der Waals surface area contributed by atoms with Crippen LogP contribution in [0.2, 0.25) is 0 Å². The molecule has 0 aliphatic rings. The fourth-order valence-corrected chi connectivity index (χ4v) is 1.38. The fourth-order valence-electron chi connectivity index (χ4n) is 1.38. The molecule has 1 aromatic carbocycles. The van der Waals surface area contributed by atoms with E-state index in [1.807, 2.05) is 0 Å². The summed E-state index contributed by atoms with van der Waals surface area (Å²) in [5.41, 5.74) is 1.07. The molecule has 0 radical (unpaired) electrons. The first-order valence-electron chi connectivity index (χ1n) is 4.58. The highest BCUT2D eigenvalue weighted by molar-refractivity contribution is 5.26. The predicted octanol–water partition coefficient (Wildman–Crippen LogP) is 1.90. The number of halogens is 1. The fraction of sp³-hybridized carbons (Fsp3) is 0.455. The topological polar surface area (TPSA) is 29.5 Å². The van der Waals surface area contributed by atoms with Crippen molar-refractivity contribution in [2.24, 2.45) is 0 Å². The van der Waals surface area contributed by atoms with Crippen LogP contribution in [-0.2, 0) is 17.8 Å². The van der Waals surface area contributed by atoms with E-state index < -0.39 is 6.10 Å². The van der Waals surface area contributed by atoms with Gasteiger partial charge in [0.2, 0.25) is 0 Å². The number of hydrogen-bond acceptors (Lipinski definition) is 2. The number of methoxy groups -OCH3 is 1. The van der Waals surface area contributed by atoms with E-state index >= 15 is 0 Å². The van der Waals surface area contributed by atoms with Crippen LogP contribution < -0.4 is 0 Å². The first kappa shape index (κ1) is 11.1. The van der Waals surface area contributed by atoms with E-state index in [2.05, 4.69) is 0 Å². The van der Waals surface area contributed by atoms with Crippen molar-refractivity contribution in [1.82, 2.24) is 0 Å². The molecule has 1 unspecified atom stereocenters. The summed E-state index contributed by atoms with van der Waals surface area (Å²) in [6.45, 7) is 1.90. The van der Waals surface area contributed by atoms with Crippen molar-refractivity contribution < 1.29 is 14.2 Å². The third-order valence-electron chi connectivity index (χ3n) is 1.97. The summed E-state index contributed by atoms with van der Waals surface area (Å²) >= 11 is 0. The van der Waals surface area contributed by atoms with Crippen LogP contribution in [-0.4, -0.2) is 18.3 Å². The highest BCUT2D eigenvalue weighted by atomic mass is 19.1. The van der Waals surface area contributed by atoms with Gasteiger partial charge in [-0.25, -0.2) is 4.39 Å². The number of aliphatic hydroxyl groups excluding tert-OH is 1. The van der Waals surface area contributed by atoms with Crippen LogP contribution in [0.5, 0.6) is 0 Å². The van der Waals surface area contributed by atoms with Crippen LogP contribution >= 0.6 is 0 Å². The summed E-state index contributed by atoms with van der Waals surface area (Å²) in [5, 5.41) is 9.15. The number of ether oxygens (including phenoxy) is 1. The van der Waals surface area contributed by atoms with Gasteiger partial charge in [-0.1, -0.05) is 18.2 Å². The number of rotatable bonds is 4. The minimum Gasteiger partial charge on any atom is -0.393 e. The standard InChI is InChI=1S/C11H15FO2/c1-8(13)6-9-4-3-5-10(7-14-2)11(9)12/h3-5,8,13H,6-7H2,1-2H3. The Balaban J connectivity index is 2.89. The molecule has 2 nitrogen and oxygen atoms in total. The lowest BCUT2D eigenvalue weighted by Gasteiger charge is -2.09. The Morgan fingerprint density at radius 1 is 1.43 bits per heavy atom. The summed E-state index contributed by atoms with van der Waals surface area (Å²) in [6.07, 6.45) is -0.189. The van der Waals surface area contributed by atoms with Crippen LogP contribution in [0.25, 0.3) is 0 Å². The smallest absolute Gasteiger partial charge is 0.132 e. The average Bonchev–Trinajstić information content (AvgIpc) is 2.11. The van der Waals surface area contributed by atoms with E-state index in [0.29, 0.717) is 17.5 Å². The van der Waals surface area contributed by atoms with Gasteiger partial charge >= 0.3 is 0 Å². The van der Waals surface area contributed by atoms with E-state index in [4.69, 9.17) is 9.84 Å². The maximum atomic E-state index is 13.6. The molecule has 0 aliphatic heterocycles. The lowest BCUT2D eigenvalue weighted by molar-refractivity contribution is 0.179. The third kappa shape index (κ3) is 2.79. The van der Waals surface area contributed by atoms with Crippen LogP contribution in [0.4, 0.5) is 4.39 Å². The van der Waals surface area contributed by atoms with Gasteiger partial charge in [0.25, 0.3) is 0 Å². The van der Waals surface area contributed by atoms with Crippen LogP contribution in [0.1, 0.15) is 18.1 Å². The summed E-state index contributed by atoms with van der Waals surface area (Å²) in [7, 11) is 1.53. The van der Waals surface area contributed by atoms with Crippen molar-refractivity contribution in [1.29, 1.82) is 0 Å². The van der Waals surface area contributed by atoms with E-state index in [9.17, 15) is 4.39 Å². The van der Waals surface area contributed by atoms with Gasteiger partial charge in [0.15, 0.2) is 0 Å². The van der Waals surface area contributed by atoms with Crippen molar-refractivity contribution in [3.63, 3.8) is 0 Å². The molecule has 1 rings (SSSR count). The van der Waals surface area contributed by atoms with E-state index in [1.54, 1.807) is 25.1 Å². The molecular weight excluding hydrogens is 183 g/mol. The maximum absolute atomic E-state index is 13.6. The Morgan fingerprint density at radius 2 is 2.07 bits per heavy atom. The Labute approximate surface area is 83.3 Å². The molecule has 0 fully saturated rings. The van der Waals surface area contributed by atoms with Crippen molar-refractivity contribution in [2.75, 3.05) is 7.11 Å². The Hall–Kier alpha value is -0.930. The summed E-state index contributed by atoms with van der Waals surface area (Å²) in [6, 6.07) is 5.14. The minimum atomic E-state index is -0.526. The third-order valence-corrected chi connectivity index (χ3v) is 1.97. The molecular formula is C11H15FO2. The summed E-state index contributed by atoms with van der Waals surface area (Å²) in [4.78, 5) is 0. The van der Waals surface area contributed by atoms with E-state index in [1.165, 1.54) is 7.11 Å². The summed E-state index contributed by atoms with van der Waals surface area (Å²) < 4.78 is 18.5. The average molecular weight is 198 g/mol. The summed E-state index contributed by atoms with van der Waals surface area (Å²) in [5.74, 6) is -0.268. The molecule has 3 heteroatoms. The normalized spacial score (nSPS) is 12.9. The van der Waals surface area contributed by atoms with Gasteiger partial charge in [-0.2, -0.15) is 0 Å². The van der Waals surface area contributed by atoms with Gasteiger partial charge in [0, 0.05) is 19.1 Å². The van der Waals surface area contributed by atoms with Gasteiger partial charge < -0.3 is 9.84 Å². The molecule has 0 aliphatic carbocycles. The molecule has 0 saturated carbocycles. The van der Waals surface area contributed by atoms with Gasteiger partial charge in [0.1, 0.15) is 5.82 Å². The van der Waals surface area contributed by atoms with Crippen LogP contribution in [0.3, 0.4) is 0 Å². The number of aliphatic hydroxyl groups is 1. The zero-order valence-corrected chi connectivity index (χ0v) is 8.46. The largest absolute Gasteiger partial charge is 0.393 e. The molecule has 0 bridgehead atoms. The maximum Gasteiger partial charge on any atom is 0.132 e. The quantitative estimate of drug-likeness (QED) is 0.800. The van der Waals surface area contributed by atoms with Gasteiger partial charge in [0.05, 0.1) is 12.7 Å². The highest BCUT2D eigenvalue weighted by Crippen LogP contribution is 2.15. The Bertz CT molecular complexity index is 297. The Morgan fingerprint density at radius 3 is 2.64 bits per heavy atom. The van der Waals surface area contributed by atoms with Crippen molar-refractivity contribution in [3.05, 3.63) is 35.1 Å².